The van der Waals surface area contributed by atoms with E-state index in [1.54, 1.807) is 43.0 Å². The molecule has 24 heavy (non-hydrogen) atoms. The summed E-state index contributed by atoms with van der Waals surface area (Å²) >= 11 is 0. The first-order chi connectivity index (χ1) is 11.7. The molecule has 0 atom stereocenters. The minimum absolute atomic E-state index is 0.106. The van der Waals surface area contributed by atoms with Crippen LogP contribution in [0.3, 0.4) is 0 Å². The van der Waals surface area contributed by atoms with Crippen LogP contribution in [-0.2, 0) is 6.54 Å². The second kappa shape index (κ2) is 7.09. The Morgan fingerprint density at radius 1 is 1.04 bits per heavy atom. The van der Waals surface area contributed by atoms with Gasteiger partial charge in [0, 0.05) is 37.0 Å². The molecule has 0 unspecified atom stereocenters. The molecule has 0 radical (unpaired) electrons. The molecule has 9 heteroatoms. The quantitative estimate of drug-likeness (QED) is 0.524. The number of hydrogen-bond acceptors (Lipinski definition) is 8. The van der Waals surface area contributed by atoms with Gasteiger partial charge in [0.1, 0.15) is 6.33 Å². The Morgan fingerprint density at radius 2 is 1.83 bits per heavy atom. The lowest BCUT2D eigenvalue weighted by Gasteiger charge is -2.09. The Balaban J connectivity index is 1.86. The van der Waals surface area contributed by atoms with Crippen LogP contribution in [-0.4, -0.2) is 24.9 Å². The van der Waals surface area contributed by atoms with Gasteiger partial charge in [-0.2, -0.15) is 0 Å². The first-order valence-corrected chi connectivity index (χ1v) is 7.03. The summed E-state index contributed by atoms with van der Waals surface area (Å²) in [7, 11) is 0. The fraction of sp³-hybridized carbons (Fsp3) is 0.0667. The van der Waals surface area contributed by atoms with Crippen LogP contribution in [0.1, 0.15) is 5.56 Å². The molecule has 0 aliphatic rings. The molecule has 0 aromatic carbocycles. The van der Waals surface area contributed by atoms with Gasteiger partial charge in [0.05, 0.1) is 4.92 Å². The third kappa shape index (κ3) is 3.58. The van der Waals surface area contributed by atoms with E-state index in [-0.39, 0.29) is 17.3 Å². The molecule has 3 rings (SSSR count). The summed E-state index contributed by atoms with van der Waals surface area (Å²) < 4.78 is 0. The van der Waals surface area contributed by atoms with E-state index in [4.69, 9.17) is 0 Å². The van der Waals surface area contributed by atoms with E-state index in [9.17, 15) is 10.1 Å². The molecular formula is C15H13N7O2. The van der Waals surface area contributed by atoms with Crippen LogP contribution in [0, 0.1) is 10.1 Å². The molecule has 0 spiro atoms. The Hall–Kier alpha value is -3.62. The Labute approximate surface area is 137 Å². The van der Waals surface area contributed by atoms with Crippen LogP contribution in [0.5, 0.6) is 0 Å². The van der Waals surface area contributed by atoms with Crippen LogP contribution in [0.15, 0.2) is 55.4 Å². The molecule has 9 nitrogen and oxygen atoms in total. The molecule has 0 bridgehead atoms. The fourth-order valence-electron chi connectivity index (χ4n) is 2.03. The number of aromatic nitrogens is 4. The minimum Gasteiger partial charge on any atom is -0.360 e. The monoisotopic (exact) mass is 323 g/mol. The predicted molar refractivity (Wildman–Crippen MR) is 87.8 cm³/mol. The molecule has 0 aliphatic carbocycles. The molecule has 0 fully saturated rings. The zero-order chi connectivity index (χ0) is 16.8. The smallest absolute Gasteiger partial charge is 0.353 e. The van der Waals surface area contributed by atoms with Crippen molar-refractivity contribution in [2.45, 2.75) is 6.54 Å². The number of hydrogen-bond donors (Lipinski definition) is 2. The van der Waals surface area contributed by atoms with Crippen LogP contribution >= 0.6 is 0 Å². The highest BCUT2D eigenvalue weighted by atomic mass is 16.6. The highest BCUT2D eigenvalue weighted by Crippen LogP contribution is 2.31. The number of nitrogens with zero attached hydrogens (tertiary/aromatic N) is 5. The molecule has 2 N–H and O–H groups in total. The van der Waals surface area contributed by atoms with Crippen LogP contribution < -0.4 is 10.6 Å². The summed E-state index contributed by atoms with van der Waals surface area (Å²) in [6.45, 7) is 0.361. The van der Waals surface area contributed by atoms with E-state index < -0.39 is 4.92 Å². The standard InChI is InChI=1S/C15H13N7O2/c23-22(24)13-14(18-9-11-2-1-5-17-8-11)19-10-20-15(13)21-12-3-6-16-7-4-12/h1-8,10H,9H2,(H2,16,18,19,20,21). The number of pyridine rings is 2. The third-order valence-electron chi connectivity index (χ3n) is 3.13. The molecule has 0 saturated heterocycles. The maximum atomic E-state index is 11.5. The zero-order valence-corrected chi connectivity index (χ0v) is 12.5. The van der Waals surface area contributed by atoms with Crippen molar-refractivity contribution >= 4 is 23.0 Å². The van der Waals surface area contributed by atoms with Gasteiger partial charge in [-0.05, 0) is 23.8 Å². The Kier molecular flexibility index (Phi) is 4.52. The van der Waals surface area contributed by atoms with Crippen LogP contribution in [0.4, 0.5) is 23.0 Å². The van der Waals surface area contributed by atoms with E-state index in [2.05, 4.69) is 30.6 Å². The van der Waals surface area contributed by atoms with Gasteiger partial charge in [-0.3, -0.25) is 20.1 Å². The van der Waals surface area contributed by atoms with Crippen molar-refractivity contribution in [3.8, 4) is 0 Å². The van der Waals surface area contributed by atoms with Gasteiger partial charge in [0.25, 0.3) is 0 Å². The topological polar surface area (TPSA) is 119 Å². The van der Waals surface area contributed by atoms with Crippen molar-refractivity contribution in [1.82, 2.24) is 19.9 Å². The minimum atomic E-state index is -0.519. The third-order valence-corrected chi connectivity index (χ3v) is 3.13. The van der Waals surface area contributed by atoms with E-state index >= 15 is 0 Å². The lowest BCUT2D eigenvalue weighted by Crippen LogP contribution is -2.08. The van der Waals surface area contributed by atoms with Crippen molar-refractivity contribution in [2.24, 2.45) is 0 Å². The number of nitrogens with one attached hydrogen (secondary N) is 2. The lowest BCUT2D eigenvalue weighted by molar-refractivity contribution is -0.383. The van der Waals surface area contributed by atoms with Crippen molar-refractivity contribution in [3.63, 3.8) is 0 Å². The molecule has 0 amide bonds. The summed E-state index contributed by atoms with van der Waals surface area (Å²) in [5, 5.41) is 17.3. The lowest BCUT2D eigenvalue weighted by atomic mass is 10.3. The number of nitro groups is 1. The molecule has 3 aromatic heterocycles. The average molecular weight is 323 g/mol. The van der Waals surface area contributed by atoms with Gasteiger partial charge in [0.15, 0.2) is 0 Å². The first-order valence-electron chi connectivity index (χ1n) is 7.03. The van der Waals surface area contributed by atoms with Crippen molar-refractivity contribution in [1.29, 1.82) is 0 Å². The van der Waals surface area contributed by atoms with E-state index in [0.29, 0.717) is 12.2 Å². The average Bonchev–Trinajstić information content (AvgIpc) is 2.61. The normalized spacial score (nSPS) is 10.2. The highest BCUT2D eigenvalue weighted by Gasteiger charge is 2.23. The van der Waals surface area contributed by atoms with Crippen molar-refractivity contribution in [2.75, 3.05) is 10.6 Å². The summed E-state index contributed by atoms with van der Waals surface area (Å²) in [6, 6.07) is 7.04. The molecule has 3 heterocycles. The van der Waals surface area contributed by atoms with E-state index in [0.717, 1.165) is 5.56 Å². The number of anilines is 3. The van der Waals surface area contributed by atoms with E-state index in [1.165, 1.54) is 6.33 Å². The van der Waals surface area contributed by atoms with Crippen LogP contribution in [0.25, 0.3) is 0 Å². The maximum absolute atomic E-state index is 11.5. The SMILES string of the molecule is O=[N+]([O-])c1c(NCc2cccnc2)ncnc1Nc1ccncc1. The highest BCUT2D eigenvalue weighted by molar-refractivity contribution is 5.73. The first kappa shape index (κ1) is 15.3. The van der Waals surface area contributed by atoms with Gasteiger partial charge in [-0.15, -0.1) is 0 Å². The van der Waals surface area contributed by atoms with Crippen LogP contribution in [0.2, 0.25) is 0 Å². The summed E-state index contributed by atoms with van der Waals surface area (Å²) in [4.78, 5) is 26.8. The summed E-state index contributed by atoms with van der Waals surface area (Å²) in [6.07, 6.45) is 7.76. The van der Waals surface area contributed by atoms with Gasteiger partial charge in [0.2, 0.25) is 11.6 Å². The summed E-state index contributed by atoms with van der Waals surface area (Å²) in [5.41, 5.74) is 1.30. The largest absolute Gasteiger partial charge is 0.360 e. The van der Waals surface area contributed by atoms with Gasteiger partial charge in [-0.1, -0.05) is 6.07 Å². The second-order valence-electron chi connectivity index (χ2n) is 4.75. The predicted octanol–water partition coefficient (Wildman–Crippen LogP) is 2.53. The molecule has 0 aliphatic heterocycles. The Morgan fingerprint density at radius 3 is 2.54 bits per heavy atom. The Bertz CT molecular complexity index is 828. The van der Waals surface area contributed by atoms with Gasteiger partial charge >= 0.3 is 5.69 Å². The van der Waals surface area contributed by atoms with E-state index in [1.807, 2.05) is 6.07 Å². The van der Waals surface area contributed by atoms with Gasteiger partial charge < -0.3 is 10.6 Å². The van der Waals surface area contributed by atoms with Crippen molar-refractivity contribution < 1.29 is 4.92 Å². The molecular weight excluding hydrogens is 310 g/mol. The summed E-state index contributed by atoms with van der Waals surface area (Å²) in [5.74, 6) is 0.241. The molecule has 120 valence electrons. The maximum Gasteiger partial charge on any atom is 0.353 e. The zero-order valence-electron chi connectivity index (χ0n) is 12.5. The molecule has 0 saturated carbocycles. The fourth-order valence-corrected chi connectivity index (χ4v) is 2.03. The molecule has 3 aromatic rings. The van der Waals surface area contributed by atoms with Gasteiger partial charge in [-0.25, -0.2) is 9.97 Å². The number of rotatable bonds is 6. The second-order valence-corrected chi connectivity index (χ2v) is 4.75. The van der Waals surface area contributed by atoms with Crippen molar-refractivity contribution in [3.05, 3.63) is 71.1 Å².